The Bertz CT molecular complexity index is 854. The van der Waals surface area contributed by atoms with Gasteiger partial charge in [0.15, 0.2) is 29.1 Å². The van der Waals surface area contributed by atoms with Gasteiger partial charge < -0.3 is 5.11 Å². The van der Waals surface area contributed by atoms with Crippen LogP contribution in [-0.2, 0) is 9.59 Å². The first-order chi connectivity index (χ1) is 12.2. The van der Waals surface area contributed by atoms with E-state index in [1.54, 1.807) is 0 Å². The molecule has 2 aliphatic heterocycles. The van der Waals surface area contributed by atoms with E-state index in [-0.39, 0.29) is 5.71 Å². The average Bonchev–Trinajstić information content (AvgIpc) is 2.57. The van der Waals surface area contributed by atoms with Crippen LogP contribution in [0.2, 0.25) is 0 Å². The molecule has 2 aliphatic rings. The Morgan fingerprint density at radius 1 is 1.04 bits per heavy atom. The number of carbonyl (C=O) groups is 2. The summed E-state index contributed by atoms with van der Waals surface area (Å²) in [4.78, 5) is 31.7. The van der Waals surface area contributed by atoms with E-state index in [1.165, 1.54) is 13.1 Å². The van der Waals surface area contributed by atoms with Crippen LogP contribution in [0, 0.1) is 40.9 Å². The van der Waals surface area contributed by atoms with Crippen molar-refractivity contribution < 1.29 is 36.6 Å². The highest BCUT2D eigenvalue weighted by Crippen LogP contribution is 2.44. The van der Waals surface area contributed by atoms with Crippen molar-refractivity contribution in [1.82, 2.24) is 0 Å². The number of fused-ring (bicyclic) bond motifs is 1. The fraction of sp³-hybridized carbons (Fsp3) is 0.375. The Morgan fingerprint density at radius 3 is 2.12 bits per heavy atom. The van der Waals surface area contributed by atoms with E-state index >= 15 is 0 Å². The number of Topliss-reactive ketones (excluding diaryl/α,β-unsaturated/α-hetero) is 1. The third-order valence-corrected chi connectivity index (χ3v) is 4.64. The zero-order valence-electron chi connectivity index (χ0n) is 13.1. The van der Waals surface area contributed by atoms with Crippen LogP contribution in [-0.4, -0.2) is 41.4 Å². The summed E-state index contributed by atoms with van der Waals surface area (Å²) in [6.45, 7) is 0.856. The highest BCUT2D eigenvalue weighted by atomic mass is 19.2. The summed E-state index contributed by atoms with van der Waals surface area (Å²) in [6, 6.07) is -1.04. The van der Waals surface area contributed by atoms with Crippen molar-refractivity contribution in [3.05, 3.63) is 34.6 Å². The minimum atomic E-state index is -2.36. The number of ketones is 1. The minimum Gasteiger partial charge on any atom is -0.481 e. The van der Waals surface area contributed by atoms with Gasteiger partial charge in [-0.2, -0.15) is 0 Å². The van der Waals surface area contributed by atoms with Gasteiger partial charge in [-0.05, 0) is 6.92 Å². The molecule has 5 nitrogen and oxygen atoms in total. The molecule has 0 saturated carbocycles. The largest absolute Gasteiger partial charge is 0.481 e. The molecule has 3 rings (SSSR count). The first-order valence-corrected chi connectivity index (χ1v) is 7.47. The zero-order chi connectivity index (χ0) is 19.3. The molecule has 1 aromatic rings. The molecule has 10 heteroatoms. The van der Waals surface area contributed by atoms with Crippen molar-refractivity contribution in [1.29, 1.82) is 0 Å². The lowest BCUT2D eigenvalue weighted by Gasteiger charge is -2.39. The summed E-state index contributed by atoms with van der Waals surface area (Å²) in [5.74, 6) is -18.3. The summed E-state index contributed by atoms with van der Waals surface area (Å²) in [5.41, 5.74) is -1.42. The second kappa shape index (κ2) is 6.26. The molecule has 0 fully saturated rings. The molecule has 26 heavy (non-hydrogen) atoms. The van der Waals surface area contributed by atoms with Crippen LogP contribution in [0.5, 0.6) is 0 Å². The van der Waals surface area contributed by atoms with Crippen LogP contribution in [0.25, 0.3) is 0 Å². The third-order valence-electron chi connectivity index (χ3n) is 4.64. The van der Waals surface area contributed by atoms with E-state index in [0.29, 0.717) is 0 Å². The van der Waals surface area contributed by atoms with Gasteiger partial charge in [-0.1, -0.05) is 0 Å². The molecule has 0 saturated heterocycles. The molecule has 0 bridgehead atoms. The second-order valence-electron chi connectivity index (χ2n) is 6.07. The molecule has 0 amide bonds. The Morgan fingerprint density at radius 2 is 1.58 bits per heavy atom. The summed E-state index contributed by atoms with van der Waals surface area (Å²) < 4.78 is 69.3. The van der Waals surface area contributed by atoms with Crippen LogP contribution >= 0.6 is 0 Å². The number of carboxylic acid groups (broad SMARTS) is 1. The fourth-order valence-electron chi connectivity index (χ4n) is 3.54. The van der Waals surface area contributed by atoms with E-state index in [2.05, 4.69) is 9.98 Å². The lowest BCUT2D eigenvalue weighted by atomic mass is 9.67. The van der Waals surface area contributed by atoms with Gasteiger partial charge in [-0.3, -0.25) is 19.6 Å². The first kappa shape index (κ1) is 18.2. The van der Waals surface area contributed by atoms with Gasteiger partial charge in [0.05, 0.1) is 18.5 Å². The Hall–Kier alpha value is -2.65. The van der Waals surface area contributed by atoms with Crippen LogP contribution < -0.4 is 0 Å². The maximum absolute atomic E-state index is 14.3. The number of hydrogen-bond donors (Lipinski definition) is 1. The maximum atomic E-state index is 14.3. The summed E-state index contributed by atoms with van der Waals surface area (Å²) >= 11 is 0. The van der Waals surface area contributed by atoms with Crippen molar-refractivity contribution in [2.75, 3.05) is 6.54 Å². The molecule has 138 valence electrons. The minimum absolute atomic E-state index is 0.103. The predicted octanol–water partition coefficient (Wildman–Crippen LogP) is 2.28. The van der Waals surface area contributed by atoms with E-state index in [9.17, 15) is 36.6 Å². The number of aliphatic carboxylic acids is 1. The summed E-state index contributed by atoms with van der Waals surface area (Å²) in [7, 11) is 0. The van der Waals surface area contributed by atoms with Gasteiger partial charge in [0, 0.05) is 23.4 Å². The summed E-state index contributed by atoms with van der Waals surface area (Å²) in [6.07, 6.45) is 1.21. The van der Waals surface area contributed by atoms with E-state index in [0.717, 1.165) is 0 Å². The maximum Gasteiger partial charge on any atom is 0.312 e. The van der Waals surface area contributed by atoms with E-state index in [1.807, 2.05) is 0 Å². The standard InChI is InChI=1S/C16H11F5N2O3/c1-4-7(16(25)26)9(8-5(23-4)2-22-3-6(8)24)10-11(17)13(19)15(21)14(20)12(10)18/h2,5,7-9H,3H2,1H3,(H,25,26). The van der Waals surface area contributed by atoms with Gasteiger partial charge in [0.1, 0.15) is 5.92 Å². The van der Waals surface area contributed by atoms with E-state index < -0.39 is 76.7 Å². The number of nitrogens with zero attached hydrogens (tertiary/aromatic N) is 2. The fourth-order valence-corrected chi connectivity index (χ4v) is 3.54. The van der Waals surface area contributed by atoms with Gasteiger partial charge in [-0.15, -0.1) is 0 Å². The molecule has 4 atom stereocenters. The molecular formula is C16H11F5N2O3. The quantitative estimate of drug-likeness (QED) is 0.490. The summed E-state index contributed by atoms with van der Waals surface area (Å²) in [5, 5.41) is 9.46. The van der Waals surface area contributed by atoms with Crippen LogP contribution in [0.3, 0.4) is 0 Å². The number of rotatable bonds is 2. The number of carboxylic acids is 1. The number of hydrogen-bond acceptors (Lipinski definition) is 4. The van der Waals surface area contributed by atoms with Crippen molar-refractivity contribution in [3.63, 3.8) is 0 Å². The number of benzene rings is 1. The van der Waals surface area contributed by atoms with Gasteiger partial charge in [0.2, 0.25) is 5.82 Å². The average molecular weight is 374 g/mol. The Balaban J connectivity index is 2.33. The normalized spacial score (nSPS) is 27.9. The lowest BCUT2D eigenvalue weighted by Crippen LogP contribution is -2.49. The Labute approximate surface area is 143 Å². The van der Waals surface area contributed by atoms with E-state index in [4.69, 9.17) is 0 Å². The van der Waals surface area contributed by atoms with Crippen molar-refractivity contribution >= 4 is 23.7 Å². The molecule has 1 N–H and O–H groups in total. The molecule has 0 radical (unpaired) electrons. The molecule has 0 aromatic heterocycles. The molecular weight excluding hydrogens is 363 g/mol. The molecule has 4 unspecified atom stereocenters. The topological polar surface area (TPSA) is 79.1 Å². The van der Waals surface area contributed by atoms with Crippen molar-refractivity contribution in [3.8, 4) is 0 Å². The zero-order valence-corrected chi connectivity index (χ0v) is 13.1. The molecule has 0 spiro atoms. The van der Waals surface area contributed by atoms with Crippen molar-refractivity contribution in [2.24, 2.45) is 21.8 Å². The number of halogens is 5. The number of carbonyl (C=O) groups excluding carboxylic acids is 1. The molecule has 0 aliphatic carbocycles. The van der Waals surface area contributed by atoms with Crippen LogP contribution in [0.15, 0.2) is 9.98 Å². The highest BCUT2D eigenvalue weighted by molar-refractivity contribution is 6.05. The van der Waals surface area contributed by atoms with Crippen LogP contribution in [0.4, 0.5) is 22.0 Å². The monoisotopic (exact) mass is 374 g/mol. The van der Waals surface area contributed by atoms with Gasteiger partial charge >= 0.3 is 5.97 Å². The first-order valence-electron chi connectivity index (χ1n) is 7.47. The van der Waals surface area contributed by atoms with Gasteiger partial charge in [0.25, 0.3) is 0 Å². The Kier molecular flexibility index (Phi) is 4.37. The molecule has 2 heterocycles. The number of aliphatic imine (C=N–C) groups is 2. The SMILES string of the molecule is CC1=NC2C=NCC(=O)C2C(c2c(F)c(F)c(F)c(F)c2F)C1C(=O)O. The molecule has 1 aromatic carbocycles. The highest BCUT2D eigenvalue weighted by Gasteiger charge is 2.51. The van der Waals surface area contributed by atoms with Crippen LogP contribution in [0.1, 0.15) is 18.4 Å². The smallest absolute Gasteiger partial charge is 0.312 e. The lowest BCUT2D eigenvalue weighted by molar-refractivity contribution is -0.141. The third kappa shape index (κ3) is 2.51. The van der Waals surface area contributed by atoms with Gasteiger partial charge in [-0.25, -0.2) is 22.0 Å². The van der Waals surface area contributed by atoms with Crippen molar-refractivity contribution in [2.45, 2.75) is 18.9 Å². The second-order valence-corrected chi connectivity index (χ2v) is 6.07. The predicted molar refractivity (Wildman–Crippen MR) is 78.9 cm³/mol.